The van der Waals surface area contributed by atoms with Crippen LogP contribution in [0.15, 0.2) is 48.8 Å². The fourth-order valence-corrected chi connectivity index (χ4v) is 2.49. The molecule has 2 fully saturated rings. The number of hydrogen-bond donors (Lipinski definition) is 3. The van der Waals surface area contributed by atoms with E-state index in [4.69, 9.17) is 0 Å². The van der Waals surface area contributed by atoms with E-state index in [9.17, 15) is 0 Å². The second kappa shape index (κ2) is 39.3. The Morgan fingerprint density at radius 1 is 0.629 bits per heavy atom. The maximum Gasteiger partial charge on any atom is 0.128 e. The smallest absolute Gasteiger partial charge is 0.128 e. The molecular weight excluding hydrogens is 431 g/mol. The summed E-state index contributed by atoms with van der Waals surface area (Å²) in [6, 6.07) is 11.9. The summed E-state index contributed by atoms with van der Waals surface area (Å²) in [4.78, 5) is 10.6. The van der Waals surface area contributed by atoms with Crippen LogP contribution in [0.2, 0.25) is 0 Å². The number of hydrogen-bond acceptors (Lipinski definition) is 6. The Kier molecular flexibility index (Phi) is 48.4. The van der Waals surface area contributed by atoms with Gasteiger partial charge in [0.15, 0.2) is 0 Å². The molecule has 0 bridgehead atoms. The van der Waals surface area contributed by atoms with Gasteiger partial charge in [-0.3, -0.25) is 4.98 Å². The van der Waals surface area contributed by atoms with E-state index in [1.807, 2.05) is 98.8 Å². The molecule has 3 radical (unpaired) electrons. The van der Waals surface area contributed by atoms with Gasteiger partial charge in [-0.25, -0.2) is 4.98 Å². The highest BCUT2D eigenvalue weighted by Gasteiger charge is 2.09. The maximum absolute atomic E-state index is 4.30. The predicted octanol–water partition coefficient (Wildman–Crippen LogP) is 5.67. The van der Waals surface area contributed by atoms with E-state index in [2.05, 4.69) is 36.9 Å². The summed E-state index contributed by atoms with van der Waals surface area (Å²) in [6.45, 7) is 26.8. The van der Waals surface area contributed by atoms with Crippen LogP contribution >= 0.6 is 0 Å². The van der Waals surface area contributed by atoms with Crippen molar-refractivity contribution in [2.45, 2.75) is 69.7 Å². The van der Waals surface area contributed by atoms with Crippen molar-refractivity contribution >= 4 is 14.2 Å². The Labute approximate surface area is 223 Å². The summed E-state index contributed by atoms with van der Waals surface area (Å²) >= 11 is 0. The van der Waals surface area contributed by atoms with E-state index in [-0.39, 0.29) is 17.3 Å². The molecule has 4 heterocycles. The third-order valence-corrected chi connectivity index (χ3v) is 3.86. The van der Waals surface area contributed by atoms with Crippen molar-refractivity contribution < 1.29 is 1.43 Å². The fourth-order valence-electron chi connectivity index (χ4n) is 2.49. The lowest BCUT2D eigenvalue weighted by molar-refractivity contribution is 0.534. The molecule has 0 aromatic carbocycles. The summed E-state index contributed by atoms with van der Waals surface area (Å²) in [7, 11) is 0. The van der Waals surface area contributed by atoms with E-state index >= 15 is 0 Å². The molecule has 2 aromatic rings. The first-order chi connectivity index (χ1) is 16.4. The number of rotatable bonds is 1. The topological polar surface area (TPSA) is 65.1 Å². The number of piperazine rings is 2. The van der Waals surface area contributed by atoms with Crippen LogP contribution in [0.3, 0.4) is 0 Å². The van der Waals surface area contributed by atoms with Crippen molar-refractivity contribution in [2.24, 2.45) is 0 Å². The van der Waals surface area contributed by atoms with Crippen molar-refractivity contribution in [2.75, 3.05) is 57.3 Å². The monoisotopic (exact) mass is 493 g/mol. The first kappa shape index (κ1) is 43.1. The Bertz CT molecular complexity index is 543. The fraction of sp³-hybridized carbons (Fsp3) is 0.643. The van der Waals surface area contributed by atoms with Crippen molar-refractivity contribution in [1.82, 2.24) is 25.9 Å². The highest BCUT2D eigenvalue weighted by Crippen LogP contribution is 2.08. The molecule has 0 spiro atoms. The predicted molar refractivity (Wildman–Crippen MR) is 164 cm³/mol. The minimum Gasteiger partial charge on any atom is -0.354 e. The standard InChI is InChI=1S/C9H13N3.C6H7N.C4H10N2.4C2H6.CH4.B.H2/c1-2-4-11-9(3-1)12-7-5-10-6-8-12;1-6-4-2-3-5-7-6;1-2-6-4-3-5-1;4*1-2;;;/h1-4,10H,5-8H2;2-5H,1H3;5-6H,1-4H2;4*1-2H3;1H4;;1H/i;;;;;;;;;1+1. The molecule has 2 saturated heterocycles. The van der Waals surface area contributed by atoms with Crippen LogP contribution in [-0.2, 0) is 0 Å². The van der Waals surface area contributed by atoms with Gasteiger partial charge in [-0.15, -0.1) is 0 Å². The van der Waals surface area contributed by atoms with Gasteiger partial charge in [0, 0.05) is 80.3 Å². The van der Waals surface area contributed by atoms with Crippen LogP contribution in [0.25, 0.3) is 0 Å². The highest BCUT2D eigenvalue weighted by atomic mass is 15.2. The van der Waals surface area contributed by atoms with E-state index in [0.29, 0.717) is 0 Å². The summed E-state index contributed by atoms with van der Waals surface area (Å²) in [5.41, 5.74) is 1.07. The van der Waals surface area contributed by atoms with E-state index < -0.39 is 0 Å². The van der Waals surface area contributed by atoms with Gasteiger partial charge >= 0.3 is 0 Å². The van der Waals surface area contributed by atoms with Crippen molar-refractivity contribution in [1.29, 1.82) is 0 Å². The number of aryl methyl sites for hydroxylation is 1. The van der Waals surface area contributed by atoms with Crippen molar-refractivity contribution in [3.63, 3.8) is 0 Å². The number of nitrogens with zero attached hydrogens (tertiary/aromatic N) is 3. The van der Waals surface area contributed by atoms with Crippen LogP contribution in [0.5, 0.6) is 0 Å². The van der Waals surface area contributed by atoms with Crippen LogP contribution in [0.4, 0.5) is 5.82 Å². The molecule has 0 amide bonds. The number of anilines is 1. The average Bonchev–Trinajstić information content (AvgIpc) is 2.96. The van der Waals surface area contributed by atoms with Gasteiger partial charge in [0.1, 0.15) is 5.82 Å². The summed E-state index contributed by atoms with van der Waals surface area (Å²) in [5.74, 6) is 1.10. The number of aromatic nitrogens is 2. The van der Waals surface area contributed by atoms with Crippen LogP contribution in [-0.4, -0.2) is 70.7 Å². The molecule has 2 aliphatic heterocycles. The van der Waals surface area contributed by atoms with Gasteiger partial charge in [0.25, 0.3) is 0 Å². The lowest BCUT2D eigenvalue weighted by atomic mass is 10.3. The van der Waals surface area contributed by atoms with Crippen LogP contribution in [0.1, 0.15) is 69.9 Å². The Morgan fingerprint density at radius 3 is 1.31 bits per heavy atom. The lowest BCUT2D eigenvalue weighted by Gasteiger charge is -2.28. The van der Waals surface area contributed by atoms with Gasteiger partial charge in [0.2, 0.25) is 0 Å². The zero-order valence-electron chi connectivity index (χ0n) is 23.7. The molecule has 2 aliphatic rings. The molecule has 205 valence electrons. The lowest BCUT2D eigenvalue weighted by Crippen LogP contribution is -2.43. The normalized spacial score (nSPS) is 12.7. The van der Waals surface area contributed by atoms with Crippen molar-refractivity contribution in [3.8, 4) is 0 Å². The molecule has 35 heavy (non-hydrogen) atoms. The van der Waals surface area contributed by atoms with E-state index in [1.54, 1.807) is 6.20 Å². The minimum atomic E-state index is 0. The summed E-state index contributed by atoms with van der Waals surface area (Å²) in [6.07, 6.45) is 3.63. The maximum atomic E-state index is 4.30. The zero-order chi connectivity index (χ0) is 25.6. The summed E-state index contributed by atoms with van der Waals surface area (Å²) < 4.78 is 0. The molecule has 0 aliphatic carbocycles. The van der Waals surface area contributed by atoms with Gasteiger partial charge < -0.3 is 20.9 Å². The Hall–Kier alpha value is -1.96. The number of nitrogens with one attached hydrogen (secondary N) is 3. The Balaban J connectivity index is -0.0000000826. The van der Waals surface area contributed by atoms with Gasteiger partial charge in [-0.1, -0.05) is 74.9 Å². The van der Waals surface area contributed by atoms with E-state index in [1.165, 1.54) is 0 Å². The molecule has 4 rings (SSSR count). The zero-order valence-corrected chi connectivity index (χ0v) is 23.7. The van der Waals surface area contributed by atoms with Crippen LogP contribution in [0, 0.1) is 6.92 Å². The molecule has 3 N–H and O–H groups in total. The second-order valence-corrected chi connectivity index (χ2v) is 5.90. The highest BCUT2D eigenvalue weighted by molar-refractivity contribution is 5.75. The third kappa shape index (κ3) is 28.2. The molecule has 0 unspecified atom stereocenters. The van der Waals surface area contributed by atoms with E-state index in [0.717, 1.165) is 63.9 Å². The summed E-state index contributed by atoms with van der Waals surface area (Å²) in [5, 5.41) is 9.76. The molecule has 0 saturated carbocycles. The largest absolute Gasteiger partial charge is 0.354 e. The van der Waals surface area contributed by atoms with Crippen molar-refractivity contribution in [3.05, 3.63) is 54.5 Å². The van der Waals surface area contributed by atoms with Gasteiger partial charge in [-0.2, -0.15) is 0 Å². The van der Waals surface area contributed by atoms with Gasteiger partial charge in [0.05, 0.1) is 0 Å². The average molecular weight is 493 g/mol. The quantitative estimate of drug-likeness (QED) is 0.446. The third-order valence-electron chi connectivity index (χ3n) is 3.86. The molecule has 7 heteroatoms. The molecule has 2 aromatic heterocycles. The van der Waals surface area contributed by atoms with Crippen LogP contribution < -0.4 is 20.9 Å². The number of pyridine rings is 2. The molecular formula is C28H60BN6. The Morgan fingerprint density at radius 2 is 1.03 bits per heavy atom. The molecule has 6 nitrogen and oxygen atoms in total. The van der Waals surface area contributed by atoms with Gasteiger partial charge in [-0.05, 0) is 31.2 Å². The minimum absolute atomic E-state index is 0. The SMILES string of the molecule is C.C1CNCCN1.CC.CC.CC.CC.Cc1ccccn1.[2HH].[B].c1ccc(N2CCNCC2)nc1. The first-order valence-electron chi connectivity index (χ1n) is 13.0. The second-order valence-electron chi connectivity index (χ2n) is 5.90. The molecule has 0 atom stereocenters. The first-order valence-corrected chi connectivity index (χ1v) is 13.0.